The number of rotatable bonds is 8. The maximum atomic E-state index is 12.7. The number of hydrogen-bond acceptors (Lipinski definition) is 4. The lowest BCUT2D eigenvalue weighted by Crippen LogP contribution is -2.28. The molecule has 0 bridgehead atoms. The summed E-state index contributed by atoms with van der Waals surface area (Å²) in [6.07, 6.45) is 6.54. The molecular weight excluding hydrogens is 330 g/mol. The zero-order valence-electron chi connectivity index (χ0n) is 14.6. The third-order valence-corrected chi connectivity index (χ3v) is 3.77. The smallest absolute Gasteiger partial charge is 0.247 e. The van der Waals surface area contributed by atoms with Crippen LogP contribution in [0.1, 0.15) is 24.0 Å². The molecule has 0 saturated carbocycles. The second-order valence-electron chi connectivity index (χ2n) is 5.69. The van der Waals surface area contributed by atoms with Gasteiger partial charge in [0.15, 0.2) is 0 Å². The number of nitrogens with zero attached hydrogens (tertiary/aromatic N) is 1. The van der Waals surface area contributed by atoms with Crippen LogP contribution in [0, 0.1) is 0 Å². The SMILES string of the molecule is CCOc1ccc(C=CC(=O)N(Cc2ccco2)Cc2ccco2)cc1. The fourth-order valence-electron chi connectivity index (χ4n) is 2.51. The molecule has 0 aliphatic carbocycles. The van der Waals surface area contributed by atoms with Crippen LogP contribution in [0.3, 0.4) is 0 Å². The molecule has 134 valence electrons. The van der Waals surface area contributed by atoms with Crippen LogP contribution in [0.15, 0.2) is 76.0 Å². The van der Waals surface area contributed by atoms with Gasteiger partial charge in [0.1, 0.15) is 17.3 Å². The number of carbonyl (C=O) groups is 1. The van der Waals surface area contributed by atoms with Gasteiger partial charge in [0.05, 0.1) is 32.2 Å². The Morgan fingerprint density at radius 2 is 1.62 bits per heavy atom. The van der Waals surface area contributed by atoms with Gasteiger partial charge in [-0.1, -0.05) is 12.1 Å². The molecule has 1 aromatic carbocycles. The highest BCUT2D eigenvalue weighted by Gasteiger charge is 2.15. The Kier molecular flexibility index (Phi) is 5.93. The van der Waals surface area contributed by atoms with Gasteiger partial charge >= 0.3 is 0 Å². The summed E-state index contributed by atoms with van der Waals surface area (Å²) in [6, 6.07) is 14.9. The first-order valence-corrected chi connectivity index (χ1v) is 8.49. The Balaban J connectivity index is 1.69. The van der Waals surface area contributed by atoms with Gasteiger partial charge in [-0.25, -0.2) is 0 Å². The van der Waals surface area contributed by atoms with Crippen LogP contribution in [-0.4, -0.2) is 17.4 Å². The van der Waals surface area contributed by atoms with Crippen molar-refractivity contribution >= 4 is 12.0 Å². The van der Waals surface area contributed by atoms with Crippen molar-refractivity contribution in [2.75, 3.05) is 6.61 Å². The molecule has 0 N–H and O–H groups in total. The van der Waals surface area contributed by atoms with E-state index in [-0.39, 0.29) is 5.91 Å². The highest BCUT2D eigenvalue weighted by molar-refractivity contribution is 5.91. The Labute approximate surface area is 152 Å². The Hall–Kier alpha value is -3.21. The van der Waals surface area contributed by atoms with Crippen LogP contribution >= 0.6 is 0 Å². The molecule has 0 unspecified atom stereocenters. The van der Waals surface area contributed by atoms with Gasteiger partial charge in [-0.2, -0.15) is 0 Å². The van der Waals surface area contributed by atoms with Crippen molar-refractivity contribution < 1.29 is 18.4 Å². The first-order valence-electron chi connectivity index (χ1n) is 8.49. The molecule has 0 fully saturated rings. The molecule has 5 nitrogen and oxygen atoms in total. The fourth-order valence-corrected chi connectivity index (χ4v) is 2.51. The molecule has 5 heteroatoms. The van der Waals surface area contributed by atoms with Gasteiger partial charge in [0.2, 0.25) is 5.91 Å². The summed E-state index contributed by atoms with van der Waals surface area (Å²) in [6.45, 7) is 3.32. The molecule has 26 heavy (non-hydrogen) atoms. The van der Waals surface area contributed by atoms with Crippen molar-refractivity contribution in [1.29, 1.82) is 0 Å². The first kappa shape index (κ1) is 17.6. The molecule has 2 aromatic heterocycles. The van der Waals surface area contributed by atoms with Crippen LogP contribution < -0.4 is 4.74 Å². The largest absolute Gasteiger partial charge is 0.494 e. The van der Waals surface area contributed by atoms with Crippen molar-refractivity contribution in [2.45, 2.75) is 20.0 Å². The summed E-state index contributed by atoms with van der Waals surface area (Å²) < 4.78 is 16.2. The summed E-state index contributed by atoms with van der Waals surface area (Å²) in [5.41, 5.74) is 0.928. The van der Waals surface area contributed by atoms with Gasteiger partial charge < -0.3 is 18.5 Å². The molecular formula is C21H21NO4. The minimum absolute atomic E-state index is 0.119. The van der Waals surface area contributed by atoms with E-state index >= 15 is 0 Å². The average molecular weight is 351 g/mol. The van der Waals surface area contributed by atoms with Gasteiger partial charge in [-0.15, -0.1) is 0 Å². The topological polar surface area (TPSA) is 55.8 Å². The highest BCUT2D eigenvalue weighted by Crippen LogP contribution is 2.15. The normalized spacial score (nSPS) is 11.0. The van der Waals surface area contributed by atoms with Gasteiger partial charge in [0.25, 0.3) is 0 Å². The Morgan fingerprint density at radius 3 is 2.12 bits per heavy atom. The van der Waals surface area contributed by atoms with Crippen LogP contribution in [0.25, 0.3) is 6.08 Å². The molecule has 0 atom stereocenters. The predicted molar refractivity (Wildman–Crippen MR) is 98.3 cm³/mol. The minimum atomic E-state index is -0.119. The van der Waals surface area contributed by atoms with Crippen molar-refractivity contribution in [3.8, 4) is 5.75 Å². The first-order chi connectivity index (χ1) is 12.7. The van der Waals surface area contributed by atoms with Crippen LogP contribution in [0.4, 0.5) is 0 Å². The molecule has 2 heterocycles. The van der Waals surface area contributed by atoms with Gasteiger partial charge in [-0.05, 0) is 55.0 Å². The quantitative estimate of drug-likeness (QED) is 0.560. The third-order valence-electron chi connectivity index (χ3n) is 3.77. The average Bonchev–Trinajstić information content (AvgIpc) is 3.35. The molecule has 3 aromatic rings. The Morgan fingerprint density at radius 1 is 1.00 bits per heavy atom. The molecule has 0 spiro atoms. The van der Waals surface area contributed by atoms with Crippen molar-refractivity contribution in [1.82, 2.24) is 4.90 Å². The fraction of sp³-hybridized carbons (Fsp3) is 0.190. The summed E-state index contributed by atoms with van der Waals surface area (Å²) in [5, 5.41) is 0. The monoisotopic (exact) mass is 351 g/mol. The lowest BCUT2D eigenvalue weighted by molar-refractivity contribution is -0.127. The second-order valence-corrected chi connectivity index (χ2v) is 5.69. The zero-order chi connectivity index (χ0) is 18.2. The highest BCUT2D eigenvalue weighted by atomic mass is 16.5. The summed E-state index contributed by atoms with van der Waals surface area (Å²) >= 11 is 0. The molecule has 0 aliphatic rings. The second kappa shape index (κ2) is 8.76. The summed E-state index contributed by atoms with van der Waals surface area (Å²) in [5.74, 6) is 2.14. The number of hydrogen-bond donors (Lipinski definition) is 0. The van der Waals surface area contributed by atoms with E-state index in [1.165, 1.54) is 0 Å². The molecule has 0 saturated heterocycles. The van der Waals surface area contributed by atoms with Crippen LogP contribution in [-0.2, 0) is 17.9 Å². The molecule has 0 aliphatic heterocycles. The van der Waals surface area contributed by atoms with E-state index < -0.39 is 0 Å². The van der Waals surface area contributed by atoms with Gasteiger partial charge in [0, 0.05) is 6.08 Å². The van der Waals surface area contributed by atoms with E-state index in [2.05, 4.69) is 0 Å². The molecule has 0 radical (unpaired) electrons. The van der Waals surface area contributed by atoms with Crippen molar-refractivity contribution in [2.24, 2.45) is 0 Å². The van der Waals surface area contributed by atoms with E-state index in [0.29, 0.717) is 19.7 Å². The van der Waals surface area contributed by atoms with Gasteiger partial charge in [-0.3, -0.25) is 4.79 Å². The van der Waals surface area contributed by atoms with E-state index in [9.17, 15) is 4.79 Å². The number of carbonyl (C=O) groups excluding carboxylic acids is 1. The van der Waals surface area contributed by atoms with Crippen molar-refractivity contribution in [3.63, 3.8) is 0 Å². The zero-order valence-corrected chi connectivity index (χ0v) is 14.6. The van der Waals surface area contributed by atoms with E-state index in [1.807, 2.05) is 43.3 Å². The minimum Gasteiger partial charge on any atom is -0.494 e. The van der Waals surface area contributed by atoms with E-state index in [4.69, 9.17) is 13.6 Å². The number of furan rings is 2. The van der Waals surface area contributed by atoms with Crippen LogP contribution in [0.5, 0.6) is 5.75 Å². The van der Waals surface area contributed by atoms with E-state index in [1.54, 1.807) is 41.7 Å². The predicted octanol–water partition coefficient (Wildman–Crippen LogP) is 4.51. The maximum Gasteiger partial charge on any atom is 0.247 e. The number of amides is 1. The maximum absolute atomic E-state index is 12.7. The lowest BCUT2D eigenvalue weighted by Gasteiger charge is -2.18. The Bertz CT molecular complexity index is 781. The third kappa shape index (κ3) is 4.89. The lowest BCUT2D eigenvalue weighted by atomic mass is 10.2. The molecule has 1 amide bonds. The van der Waals surface area contributed by atoms with Crippen LogP contribution in [0.2, 0.25) is 0 Å². The number of ether oxygens (including phenoxy) is 1. The van der Waals surface area contributed by atoms with Crippen molar-refractivity contribution in [3.05, 3.63) is 84.2 Å². The number of benzene rings is 1. The standard InChI is InChI=1S/C21H21NO4/c1-2-24-18-10-7-17(8-11-18)9-12-21(23)22(15-19-5-3-13-25-19)16-20-6-4-14-26-20/h3-14H,2,15-16H2,1H3. The van der Waals surface area contributed by atoms with E-state index in [0.717, 1.165) is 22.8 Å². The molecule has 3 rings (SSSR count). The summed E-state index contributed by atoms with van der Waals surface area (Å²) in [4.78, 5) is 14.3. The summed E-state index contributed by atoms with van der Waals surface area (Å²) in [7, 11) is 0.